The molecule has 90 valence electrons. The predicted octanol–water partition coefficient (Wildman–Crippen LogP) is 1.30. The van der Waals surface area contributed by atoms with E-state index >= 15 is 0 Å². The minimum atomic E-state index is -0.208. The van der Waals surface area contributed by atoms with E-state index < -0.39 is 0 Å². The molecule has 2 aromatic rings. The summed E-state index contributed by atoms with van der Waals surface area (Å²) >= 11 is 1.47. The largest absolute Gasteiger partial charge is 0.296 e. The van der Waals surface area contributed by atoms with Gasteiger partial charge in [0, 0.05) is 5.75 Å². The zero-order valence-electron chi connectivity index (χ0n) is 9.70. The van der Waals surface area contributed by atoms with E-state index in [1.807, 2.05) is 30.3 Å². The van der Waals surface area contributed by atoms with Gasteiger partial charge in [-0.15, -0.1) is 10.2 Å². The van der Waals surface area contributed by atoms with Crippen LogP contribution >= 0.6 is 11.8 Å². The number of aryl methyl sites for hydroxylation is 1. The maximum atomic E-state index is 11.9. The first-order chi connectivity index (χ1) is 8.75. The molecule has 2 heterocycles. The highest BCUT2D eigenvalue weighted by Crippen LogP contribution is 2.20. The van der Waals surface area contributed by atoms with Crippen molar-refractivity contribution in [3.63, 3.8) is 0 Å². The van der Waals surface area contributed by atoms with Crippen molar-refractivity contribution in [2.45, 2.75) is 12.1 Å². The van der Waals surface area contributed by atoms with Crippen LogP contribution in [0.5, 0.6) is 0 Å². The van der Waals surface area contributed by atoms with E-state index in [1.54, 1.807) is 6.92 Å². The Hall–Kier alpha value is -1.95. The van der Waals surface area contributed by atoms with Crippen molar-refractivity contribution in [2.75, 3.05) is 5.75 Å². The van der Waals surface area contributed by atoms with Gasteiger partial charge in [-0.3, -0.25) is 4.79 Å². The highest BCUT2D eigenvalue weighted by molar-refractivity contribution is 7.99. The predicted molar refractivity (Wildman–Crippen MR) is 70.1 cm³/mol. The lowest BCUT2D eigenvalue weighted by Crippen LogP contribution is -2.28. The molecule has 0 amide bonds. The number of hydrogen-bond acceptors (Lipinski definition) is 5. The summed E-state index contributed by atoms with van der Waals surface area (Å²) in [4.78, 5) is 11.9. The summed E-state index contributed by atoms with van der Waals surface area (Å²) in [7, 11) is 0. The molecule has 0 unspecified atom stereocenters. The summed E-state index contributed by atoms with van der Waals surface area (Å²) in [6, 6.07) is 9.83. The van der Waals surface area contributed by atoms with Gasteiger partial charge in [-0.1, -0.05) is 42.1 Å². The summed E-state index contributed by atoms with van der Waals surface area (Å²) < 4.78 is 1.33. The Morgan fingerprint density at radius 1 is 1.22 bits per heavy atom. The van der Waals surface area contributed by atoms with Gasteiger partial charge in [-0.2, -0.15) is 9.78 Å². The van der Waals surface area contributed by atoms with Crippen LogP contribution in [0.2, 0.25) is 0 Å². The summed E-state index contributed by atoms with van der Waals surface area (Å²) in [5, 5.41) is 12.7. The van der Waals surface area contributed by atoms with Crippen LogP contribution in [-0.2, 0) is 0 Å². The molecular formula is C12H10N4OS. The maximum Gasteiger partial charge on any atom is 0.296 e. The fourth-order valence-electron chi connectivity index (χ4n) is 1.68. The molecule has 18 heavy (non-hydrogen) atoms. The van der Waals surface area contributed by atoms with E-state index in [0.29, 0.717) is 16.6 Å². The third kappa shape index (κ3) is 1.84. The lowest BCUT2D eigenvalue weighted by atomic mass is 10.1. The Morgan fingerprint density at radius 2 is 2.00 bits per heavy atom. The Morgan fingerprint density at radius 3 is 2.78 bits per heavy atom. The van der Waals surface area contributed by atoms with Crippen LogP contribution in [0.3, 0.4) is 0 Å². The van der Waals surface area contributed by atoms with Gasteiger partial charge in [0.2, 0.25) is 5.16 Å². The van der Waals surface area contributed by atoms with Crippen LogP contribution in [0, 0.1) is 6.92 Å². The highest BCUT2D eigenvalue weighted by atomic mass is 32.2. The first-order valence-corrected chi connectivity index (χ1v) is 6.46. The number of nitrogens with zero attached hydrogens (tertiary/aromatic N) is 4. The second-order valence-electron chi connectivity index (χ2n) is 3.89. The molecule has 0 fully saturated rings. The third-order valence-electron chi connectivity index (χ3n) is 2.63. The van der Waals surface area contributed by atoms with Crippen LogP contribution in [0.1, 0.15) is 11.3 Å². The van der Waals surface area contributed by atoms with Gasteiger partial charge < -0.3 is 0 Å². The standard InChI is InChI=1S/C12H10N4OS/c1-8-11(17)16-12(14-13-8)18-7-10(15-16)9-5-3-2-4-6-9/h2-6H,7H2,1H3. The fraction of sp³-hybridized carbons (Fsp3) is 0.167. The van der Waals surface area contributed by atoms with Crippen LogP contribution in [-0.4, -0.2) is 26.3 Å². The molecule has 1 aromatic heterocycles. The van der Waals surface area contributed by atoms with Crippen LogP contribution in [0.25, 0.3) is 0 Å². The minimum Gasteiger partial charge on any atom is -0.265 e. The summed E-state index contributed by atoms with van der Waals surface area (Å²) in [6.45, 7) is 1.64. The lowest BCUT2D eigenvalue weighted by molar-refractivity contribution is 0.628. The summed E-state index contributed by atoms with van der Waals surface area (Å²) in [6.07, 6.45) is 0. The first kappa shape index (κ1) is 11.2. The van der Waals surface area contributed by atoms with E-state index in [0.717, 1.165) is 11.3 Å². The van der Waals surface area contributed by atoms with Crippen LogP contribution in [0.15, 0.2) is 45.4 Å². The fourth-order valence-corrected chi connectivity index (χ4v) is 2.51. The number of aromatic nitrogens is 3. The van der Waals surface area contributed by atoms with E-state index in [4.69, 9.17) is 0 Å². The van der Waals surface area contributed by atoms with Crippen LogP contribution in [0.4, 0.5) is 0 Å². The Balaban J connectivity index is 2.14. The quantitative estimate of drug-likeness (QED) is 0.773. The van der Waals surface area contributed by atoms with Gasteiger partial charge in [-0.25, -0.2) is 0 Å². The van der Waals surface area contributed by atoms with E-state index in [-0.39, 0.29) is 5.56 Å². The van der Waals surface area contributed by atoms with Crippen molar-refractivity contribution >= 4 is 17.5 Å². The van der Waals surface area contributed by atoms with Crippen molar-refractivity contribution in [3.05, 3.63) is 51.9 Å². The molecule has 0 atom stereocenters. The number of hydrogen-bond donors (Lipinski definition) is 0. The lowest BCUT2D eigenvalue weighted by Gasteiger charge is -2.14. The SMILES string of the molecule is Cc1nnc2n(c1=O)N=C(c1ccccc1)CS2. The minimum absolute atomic E-state index is 0.208. The smallest absolute Gasteiger partial charge is 0.265 e. The maximum absolute atomic E-state index is 11.9. The monoisotopic (exact) mass is 258 g/mol. The molecule has 0 spiro atoms. The molecule has 0 aliphatic carbocycles. The second kappa shape index (κ2) is 4.38. The zero-order valence-corrected chi connectivity index (χ0v) is 10.5. The molecule has 6 heteroatoms. The summed E-state index contributed by atoms with van der Waals surface area (Å²) in [5.74, 6) is 0.696. The first-order valence-electron chi connectivity index (χ1n) is 5.48. The highest BCUT2D eigenvalue weighted by Gasteiger charge is 2.17. The van der Waals surface area contributed by atoms with Crippen molar-refractivity contribution in [1.82, 2.24) is 14.9 Å². The molecule has 0 saturated carbocycles. The molecule has 5 nitrogen and oxygen atoms in total. The molecule has 0 N–H and O–H groups in total. The molecule has 1 aromatic carbocycles. The number of benzene rings is 1. The Bertz CT molecular complexity index is 678. The summed E-state index contributed by atoms with van der Waals surface area (Å²) in [5.41, 5.74) is 2.05. The van der Waals surface area contributed by atoms with Gasteiger partial charge >= 0.3 is 0 Å². The zero-order chi connectivity index (χ0) is 12.5. The Labute approximate surface area is 108 Å². The van der Waals surface area contributed by atoms with Gasteiger partial charge in [0.1, 0.15) is 5.69 Å². The van der Waals surface area contributed by atoms with Gasteiger partial charge in [-0.05, 0) is 12.5 Å². The van der Waals surface area contributed by atoms with E-state index in [9.17, 15) is 4.79 Å². The van der Waals surface area contributed by atoms with Gasteiger partial charge in [0.25, 0.3) is 5.56 Å². The molecule has 0 radical (unpaired) electrons. The van der Waals surface area contributed by atoms with E-state index in [1.165, 1.54) is 16.4 Å². The molecule has 0 bridgehead atoms. The average Bonchev–Trinajstić information content (AvgIpc) is 2.44. The van der Waals surface area contributed by atoms with Gasteiger partial charge in [0.15, 0.2) is 0 Å². The topological polar surface area (TPSA) is 60.1 Å². The molecule has 1 aliphatic rings. The molecule has 0 saturated heterocycles. The van der Waals surface area contributed by atoms with Gasteiger partial charge in [0.05, 0.1) is 5.71 Å². The normalized spacial score (nSPS) is 13.9. The van der Waals surface area contributed by atoms with Crippen LogP contribution < -0.4 is 5.56 Å². The number of thioether (sulfide) groups is 1. The van der Waals surface area contributed by atoms with Crippen molar-refractivity contribution in [1.29, 1.82) is 0 Å². The third-order valence-corrected chi connectivity index (χ3v) is 3.56. The number of rotatable bonds is 1. The van der Waals surface area contributed by atoms with E-state index in [2.05, 4.69) is 15.3 Å². The second-order valence-corrected chi connectivity index (χ2v) is 4.83. The molecular weight excluding hydrogens is 248 g/mol. The Kier molecular flexibility index (Phi) is 2.71. The van der Waals surface area contributed by atoms with Crippen molar-refractivity contribution in [2.24, 2.45) is 5.10 Å². The van der Waals surface area contributed by atoms with Crippen molar-refractivity contribution < 1.29 is 0 Å². The average molecular weight is 258 g/mol. The molecule has 1 aliphatic heterocycles. The molecule has 3 rings (SSSR count). The van der Waals surface area contributed by atoms with Crippen molar-refractivity contribution in [3.8, 4) is 0 Å². The number of fused-ring (bicyclic) bond motifs is 1.